The fourth-order valence-electron chi connectivity index (χ4n) is 4.12. The number of likely N-dealkylation sites (tertiary alicyclic amines) is 1. The molecule has 6 heteroatoms. The van der Waals surface area contributed by atoms with Gasteiger partial charge in [0.05, 0.1) is 6.04 Å². The van der Waals surface area contributed by atoms with Crippen molar-refractivity contribution in [1.29, 1.82) is 0 Å². The van der Waals surface area contributed by atoms with Crippen molar-refractivity contribution < 1.29 is 9.59 Å². The summed E-state index contributed by atoms with van der Waals surface area (Å²) < 4.78 is 0. The van der Waals surface area contributed by atoms with Crippen LogP contribution in [0.4, 0.5) is 4.79 Å². The van der Waals surface area contributed by atoms with Gasteiger partial charge in [0.1, 0.15) is 0 Å². The first-order chi connectivity index (χ1) is 16.0. The van der Waals surface area contributed by atoms with E-state index in [1.807, 2.05) is 54.3 Å². The smallest absolute Gasteiger partial charge is 0.315 e. The number of halogens is 1. The summed E-state index contributed by atoms with van der Waals surface area (Å²) in [6.45, 7) is 3.84. The molecule has 1 saturated heterocycles. The Morgan fingerprint density at radius 3 is 2.58 bits per heavy atom. The van der Waals surface area contributed by atoms with Crippen molar-refractivity contribution in [1.82, 2.24) is 15.5 Å². The van der Waals surface area contributed by atoms with E-state index in [2.05, 4.69) is 41.0 Å². The molecule has 0 radical (unpaired) electrons. The maximum Gasteiger partial charge on any atom is 0.315 e. The van der Waals surface area contributed by atoms with E-state index < -0.39 is 0 Å². The third-order valence-electron chi connectivity index (χ3n) is 5.96. The number of amides is 3. The first kappa shape index (κ1) is 22.9. The Morgan fingerprint density at radius 1 is 1.06 bits per heavy atom. The van der Waals surface area contributed by atoms with Gasteiger partial charge in [0.25, 0.3) is 0 Å². The number of rotatable bonds is 7. The van der Waals surface area contributed by atoms with E-state index in [1.165, 1.54) is 0 Å². The fraction of sp³-hybridized carbons (Fsp3) is 0.259. The lowest BCUT2D eigenvalue weighted by Gasteiger charge is -2.17. The van der Waals surface area contributed by atoms with Gasteiger partial charge in [-0.25, -0.2) is 4.79 Å². The molecule has 0 spiro atoms. The van der Waals surface area contributed by atoms with E-state index in [9.17, 15) is 9.59 Å². The normalized spacial score (nSPS) is 14.2. The van der Waals surface area contributed by atoms with Gasteiger partial charge in [-0.15, -0.1) is 0 Å². The monoisotopic (exact) mass is 461 g/mol. The zero-order valence-corrected chi connectivity index (χ0v) is 19.4. The van der Waals surface area contributed by atoms with Crippen LogP contribution >= 0.6 is 11.6 Å². The second-order valence-corrected chi connectivity index (χ2v) is 8.81. The largest absolute Gasteiger partial charge is 0.338 e. The molecule has 3 aromatic rings. The predicted octanol–water partition coefficient (Wildman–Crippen LogP) is 5.69. The second kappa shape index (κ2) is 10.5. The number of urea groups is 1. The summed E-state index contributed by atoms with van der Waals surface area (Å²) in [6.07, 6.45) is 1.60. The van der Waals surface area contributed by atoms with Gasteiger partial charge in [0.15, 0.2) is 0 Å². The molecule has 1 heterocycles. The number of carbonyl (C=O) groups is 2. The van der Waals surface area contributed by atoms with Crippen LogP contribution < -0.4 is 10.6 Å². The summed E-state index contributed by atoms with van der Waals surface area (Å²) in [5.74, 6) is 0.235. The van der Waals surface area contributed by atoms with Gasteiger partial charge in [-0.2, -0.15) is 0 Å². The molecule has 170 valence electrons. The van der Waals surface area contributed by atoms with Crippen molar-refractivity contribution >= 4 is 23.5 Å². The van der Waals surface area contributed by atoms with Crippen LogP contribution in [0.3, 0.4) is 0 Å². The van der Waals surface area contributed by atoms with E-state index in [4.69, 9.17) is 11.6 Å². The van der Waals surface area contributed by atoms with Crippen molar-refractivity contribution in [2.45, 2.75) is 38.9 Å². The summed E-state index contributed by atoms with van der Waals surface area (Å²) in [5.41, 5.74) is 5.26. The lowest BCUT2D eigenvalue weighted by molar-refractivity contribution is -0.128. The lowest BCUT2D eigenvalue weighted by atomic mass is 9.98. The molecule has 1 unspecified atom stereocenters. The molecule has 5 nitrogen and oxygen atoms in total. The molecule has 0 aromatic heterocycles. The predicted molar refractivity (Wildman–Crippen MR) is 132 cm³/mol. The molecule has 0 bridgehead atoms. The molecule has 33 heavy (non-hydrogen) atoms. The minimum atomic E-state index is -0.233. The highest BCUT2D eigenvalue weighted by molar-refractivity contribution is 6.30. The van der Waals surface area contributed by atoms with Crippen LogP contribution in [-0.2, 0) is 17.9 Å². The summed E-state index contributed by atoms with van der Waals surface area (Å²) in [7, 11) is 0. The van der Waals surface area contributed by atoms with Crippen LogP contribution in [0, 0.1) is 0 Å². The Morgan fingerprint density at radius 2 is 1.85 bits per heavy atom. The molecular formula is C27H28ClN3O2. The number of nitrogens with one attached hydrogen (secondary N) is 2. The van der Waals surface area contributed by atoms with Gasteiger partial charge in [-0.3, -0.25) is 4.79 Å². The maximum absolute atomic E-state index is 12.5. The Kier molecular flexibility index (Phi) is 7.30. The van der Waals surface area contributed by atoms with Crippen molar-refractivity contribution in [2.24, 2.45) is 0 Å². The number of carbonyl (C=O) groups excluding carboxylic acids is 2. The van der Waals surface area contributed by atoms with Crippen LogP contribution in [0.2, 0.25) is 5.02 Å². The molecule has 1 aliphatic heterocycles. The highest BCUT2D eigenvalue weighted by Crippen LogP contribution is 2.25. The first-order valence-corrected chi connectivity index (χ1v) is 11.6. The summed E-state index contributed by atoms with van der Waals surface area (Å²) in [5, 5.41) is 6.57. The Bertz CT molecular complexity index is 1130. The average Bonchev–Trinajstić information content (AvgIpc) is 3.22. The molecular weight excluding hydrogens is 434 g/mol. The highest BCUT2D eigenvalue weighted by Gasteiger charge is 2.20. The van der Waals surface area contributed by atoms with E-state index in [0.29, 0.717) is 24.5 Å². The maximum atomic E-state index is 12.5. The molecule has 1 aliphatic rings. The zero-order chi connectivity index (χ0) is 23.2. The Balaban J connectivity index is 1.38. The Hall–Kier alpha value is -3.31. The fourth-order valence-corrected chi connectivity index (χ4v) is 4.32. The SMILES string of the molecule is CC(NC(=O)NCc1ccccc1-c1ccc(CN2CCCC2=O)cc1)c1cccc(Cl)c1. The molecule has 1 atom stereocenters. The van der Waals surface area contributed by atoms with Gasteiger partial charge in [0, 0.05) is 31.1 Å². The van der Waals surface area contributed by atoms with Crippen molar-refractivity contribution in [3.8, 4) is 11.1 Å². The quantitative estimate of drug-likeness (QED) is 0.474. The van der Waals surface area contributed by atoms with Gasteiger partial charge >= 0.3 is 6.03 Å². The topological polar surface area (TPSA) is 61.4 Å². The molecule has 3 amide bonds. The van der Waals surface area contributed by atoms with E-state index >= 15 is 0 Å². The van der Waals surface area contributed by atoms with E-state index in [1.54, 1.807) is 0 Å². The van der Waals surface area contributed by atoms with Gasteiger partial charge in [-0.1, -0.05) is 72.3 Å². The average molecular weight is 462 g/mol. The summed E-state index contributed by atoms with van der Waals surface area (Å²) >= 11 is 6.06. The van der Waals surface area contributed by atoms with Crippen LogP contribution in [0.1, 0.15) is 42.5 Å². The van der Waals surface area contributed by atoms with Crippen LogP contribution in [0.25, 0.3) is 11.1 Å². The van der Waals surface area contributed by atoms with Crippen LogP contribution in [0.5, 0.6) is 0 Å². The minimum absolute atomic E-state index is 0.158. The minimum Gasteiger partial charge on any atom is -0.338 e. The number of benzene rings is 3. The molecule has 4 rings (SSSR count). The molecule has 1 fully saturated rings. The van der Waals surface area contributed by atoms with E-state index in [-0.39, 0.29) is 18.0 Å². The first-order valence-electron chi connectivity index (χ1n) is 11.2. The van der Waals surface area contributed by atoms with Crippen molar-refractivity contribution in [3.63, 3.8) is 0 Å². The van der Waals surface area contributed by atoms with Crippen LogP contribution in [0.15, 0.2) is 72.8 Å². The highest BCUT2D eigenvalue weighted by atomic mass is 35.5. The van der Waals surface area contributed by atoms with Crippen LogP contribution in [-0.4, -0.2) is 23.4 Å². The standard InChI is InChI=1S/C27H28ClN3O2/c1-19(22-7-4-8-24(28)16-22)30-27(33)29-17-23-6-2-3-9-25(23)21-13-11-20(12-14-21)18-31-15-5-10-26(31)32/h2-4,6-9,11-14,16,19H,5,10,15,17-18H2,1H3,(H2,29,30,33). The van der Waals surface area contributed by atoms with Gasteiger partial charge < -0.3 is 15.5 Å². The number of nitrogens with zero attached hydrogens (tertiary/aromatic N) is 1. The summed E-state index contributed by atoms with van der Waals surface area (Å²) in [4.78, 5) is 26.3. The molecule has 2 N–H and O–H groups in total. The zero-order valence-electron chi connectivity index (χ0n) is 18.7. The van der Waals surface area contributed by atoms with Crippen molar-refractivity contribution in [3.05, 3.63) is 94.5 Å². The third-order valence-corrected chi connectivity index (χ3v) is 6.20. The lowest BCUT2D eigenvalue weighted by Crippen LogP contribution is -2.36. The third kappa shape index (κ3) is 5.93. The van der Waals surface area contributed by atoms with E-state index in [0.717, 1.165) is 40.8 Å². The summed E-state index contributed by atoms with van der Waals surface area (Å²) in [6, 6.07) is 23.4. The number of hydrogen-bond acceptors (Lipinski definition) is 2. The molecule has 0 aliphatic carbocycles. The number of hydrogen-bond donors (Lipinski definition) is 2. The van der Waals surface area contributed by atoms with Crippen molar-refractivity contribution in [2.75, 3.05) is 6.54 Å². The Labute approximate surface area is 199 Å². The second-order valence-electron chi connectivity index (χ2n) is 8.38. The molecule has 3 aromatic carbocycles. The van der Waals surface area contributed by atoms with Gasteiger partial charge in [0.2, 0.25) is 5.91 Å². The van der Waals surface area contributed by atoms with Gasteiger partial charge in [-0.05, 0) is 53.3 Å². The molecule has 0 saturated carbocycles.